The van der Waals surface area contributed by atoms with Gasteiger partial charge in [0.2, 0.25) is 0 Å². The van der Waals surface area contributed by atoms with Crippen molar-refractivity contribution in [3.63, 3.8) is 0 Å². The Labute approximate surface area is 106 Å². The molecule has 0 saturated carbocycles. The van der Waals surface area contributed by atoms with Crippen molar-refractivity contribution in [1.82, 2.24) is 0 Å². The van der Waals surface area contributed by atoms with Gasteiger partial charge < -0.3 is 10.5 Å². The number of rotatable bonds is 5. The van der Waals surface area contributed by atoms with Crippen LogP contribution in [0.15, 0.2) is 48.5 Å². The van der Waals surface area contributed by atoms with E-state index in [1.165, 1.54) is 17.7 Å². The maximum absolute atomic E-state index is 12.7. The first-order valence-corrected chi connectivity index (χ1v) is 5.94. The molecule has 2 N–H and O–H groups in total. The molecule has 0 aliphatic rings. The van der Waals surface area contributed by atoms with Gasteiger partial charge in [-0.2, -0.15) is 0 Å². The summed E-state index contributed by atoms with van der Waals surface area (Å²) in [6.45, 7) is 1.09. The Kier molecular flexibility index (Phi) is 4.31. The van der Waals surface area contributed by atoms with Crippen molar-refractivity contribution < 1.29 is 9.13 Å². The molecular formula is C15H16FNO. The van der Waals surface area contributed by atoms with Crippen LogP contribution in [0.5, 0.6) is 5.75 Å². The number of benzene rings is 2. The van der Waals surface area contributed by atoms with Crippen molar-refractivity contribution in [1.29, 1.82) is 0 Å². The Morgan fingerprint density at radius 3 is 2.11 bits per heavy atom. The smallest absolute Gasteiger partial charge is 0.123 e. The number of nitrogens with two attached hydrogens (primary N) is 1. The molecule has 0 aliphatic carbocycles. The van der Waals surface area contributed by atoms with E-state index < -0.39 is 0 Å². The van der Waals surface area contributed by atoms with Gasteiger partial charge in [-0.05, 0) is 48.4 Å². The van der Waals surface area contributed by atoms with Crippen LogP contribution in [-0.4, -0.2) is 6.54 Å². The molecule has 3 heteroatoms. The molecule has 0 fully saturated rings. The summed E-state index contributed by atoms with van der Waals surface area (Å²) in [7, 11) is 0. The van der Waals surface area contributed by atoms with Gasteiger partial charge in [0.25, 0.3) is 0 Å². The Bertz CT molecular complexity index is 479. The highest BCUT2D eigenvalue weighted by Crippen LogP contribution is 2.14. The Balaban J connectivity index is 1.91. The van der Waals surface area contributed by atoms with E-state index in [1.807, 2.05) is 24.3 Å². The van der Waals surface area contributed by atoms with Gasteiger partial charge in [-0.15, -0.1) is 0 Å². The molecule has 0 unspecified atom stereocenters. The topological polar surface area (TPSA) is 35.2 Å². The largest absolute Gasteiger partial charge is 0.489 e. The average Bonchev–Trinajstić information content (AvgIpc) is 2.40. The average molecular weight is 245 g/mol. The summed E-state index contributed by atoms with van der Waals surface area (Å²) in [4.78, 5) is 0. The summed E-state index contributed by atoms with van der Waals surface area (Å²) in [5.41, 5.74) is 7.63. The maximum Gasteiger partial charge on any atom is 0.123 e. The molecule has 0 aromatic heterocycles. The van der Waals surface area contributed by atoms with Gasteiger partial charge in [0, 0.05) is 0 Å². The van der Waals surface area contributed by atoms with Crippen LogP contribution in [0.3, 0.4) is 0 Å². The molecule has 0 bridgehead atoms. The number of hydrogen-bond donors (Lipinski definition) is 1. The zero-order chi connectivity index (χ0) is 12.8. The van der Waals surface area contributed by atoms with Crippen LogP contribution in [0.25, 0.3) is 0 Å². The third kappa shape index (κ3) is 3.57. The van der Waals surface area contributed by atoms with Gasteiger partial charge in [0.1, 0.15) is 18.2 Å². The lowest BCUT2D eigenvalue weighted by atomic mass is 10.1. The molecule has 0 amide bonds. The summed E-state index contributed by atoms with van der Waals surface area (Å²) in [5.74, 6) is 0.574. The fourth-order valence-corrected chi connectivity index (χ4v) is 1.67. The quantitative estimate of drug-likeness (QED) is 0.879. The van der Waals surface area contributed by atoms with Crippen LogP contribution >= 0.6 is 0 Å². The summed E-state index contributed by atoms with van der Waals surface area (Å²) in [5, 5.41) is 0. The predicted molar refractivity (Wildman–Crippen MR) is 69.9 cm³/mol. The van der Waals surface area contributed by atoms with Gasteiger partial charge in [-0.1, -0.05) is 24.3 Å². The minimum absolute atomic E-state index is 0.232. The molecule has 2 aromatic carbocycles. The van der Waals surface area contributed by atoms with E-state index >= 15 is 0 Å². The van der Waals surface area contributed by atoms with Crippen molar-refractivity contribution in [3.05, 3.63) is 65.5 Å². The first-order valence-electron chi connectivity index (χ1n) is 5.94. The van der Waals surface area contributed by atoms with Crippen molar-refractivity contribution in [2.45, 2.75) is 13.0 Å². The Morgan fingerprint density at radius 1 is 0.889 bits per heavy atom. The first-order chi connectivity index (χ1) is 8.78. The summed E-state index contributed by atoms with van der Waals surface area (Å²) in [6, 6.07) is 14.2. The van der Waals surface area contributed by atoms with Gasteiger partial charge in [0.05, 0.1) is 0 Å². The highest BCUT2D eigenvalue weighted by molar-refractivity contribution is 5.28. The van der Waals surface area contributed by atoms with Crippen LogP contribution in [0.2, 0.25) is 0 Å². The highest BCUT2D eigenvalue weighted by Gasteiger charge is 1.97. The van der Waals surface area contributed by atoms with Crippen molar-refractivity contribution in [3.8, 4) is 5.75 Å². The third-order valence-corrected chi connectivity index (χ3v) is 2.68. The number of halogens is 1. The van der Waals surface area contributed by atoms with Crippen LogP contribution in [0.4, 0.5) is 4.39 Å². The van der Waals surface area contributed by atoms with Crippen LogP contribution in [0.1, 0.15) is 11.1 Å². The lowest BCUT2D eigenvalue weighted by molar-refractivity contribution is 0.306. The fourth-order valence-electron chi connectivity index (χ4n) is 1.67. The lowest BCUT2D eigenvalue weighted by Gasteiger charge is -2.07. The van der Waals surface area contributed by atoms with E-state index in [1.54, 1.807) is 12.1 Å². The number of ether oxygens (including phenoxy) is 1. The normalized spacial score (nSPS) is 10.3. The van der Waals surface area contributed by atoms with Gasteiger partial charge in [0.15, 0.2) is 0 Å². The standard InChI is InChI=1S/C15H16FNO/c16-14-5-1-13(2-6-14)11-18-15-7-3-12(4-8-15)9-10-17/h1-8H,9-11,17H2. The molecule has 0 aliphatic heterocycles. The van der Waals surface area contributed by atoms with Crippen LogP contribution < -0.4 is 10.5 Å². The second-order valence-corrected chi connectivity index (χ2v) is 4.10. The van der Waals surface area contributed by atoms with E-state index in [0.717, 1.165) is 17.7 Å². The minimum Gasteiger partial charge on any atom is -0.489 e. The highest BCUT2D eigenvalue weighted by atomic mass is 19.1. The minimum atomic E-state index is -0.232. The maximum atomic E-state index is 12.7. The molecule has 2 rings (SSSR count). The van der Waals surface area contributed by atoms with Gasteiger partial charge in [-0.3, -0.25) is 0 Å². The molecule has 94 valence electrons. The molecule has 2 nitrogen and oxygen atoms in total. The van der Waals surface area contributed by atoms with Crippen molar-refractivity contribution in [2.75, 3.05) is 6.54 Å². The van der Waals surface area contributed by atoms with Crippen molar-refractivity contribution in [2.24, 2.45) is 5.73 Å². The molecule has 0 heterocycles. The van der Waals surface area contributed by atoms with Gasteiger partial charge >= 0.3 is 0 Å². The summed E-state index contributed by atoms with van der Waals surface area (Å²) < 4.78 is 18.3. The molecule has 2 aromatic rings. The predicted octanol–water partition coefficient (Wildman–Crippen LogP) is 2.91. The van der Waals surface area contributed by atoms with Gasteiger partial charge in [-0.25, -0.2) is 4.39 Å². The second kappa shape index (κ2) is 6.17. The number of hydrogen-bond acceptors (Lipinski definition) is 2. The lowest BCUT2D eigenvalue weighted by Crippen LogP contribution is -2.02. The zero-order valence-corrected chi connectivity index (χ0v) is 10.1. The monoisotopic (exact) mass is 245 g/mol. The molecule has 0 spiro atoms. The van der Waals surface area contributed by atoms with E-state index in [0.29, 0.717) is 13.2 Å². The molecule has 0 saturated heterocycles. The first kappa shape index (κ1) is 12.6. The second-order valence-electron chi connectivity index (χ2n) is 4.10. The molecule has 0 radical (unpaired) electrons. The zero-order valence-electron chi connectivity index (χ0n) is 10.1. The van der Waals surface area contributed by atoms with Crippen LogP contribution in [0, 0.1) is 5.82 Å². The van der Waals surface area contributed by atoms with Crippen LogP contribution in [-0.2, 0) is 13.0 Å². The van der Waals surface area contributed by atoms with E-state index in [9.17, 15) is 4.39 Å². The summed E-state index contributed by atoms with van der Waals surface area (Å²) in [6.07, 6.45) is 0.873. The molecule has 0 atom stereocenters. The Hall–Kier alpha value is -1.87. The SMILES string of the molecule is NCCc1ccc(OCc2ccc(F)cc2)cc1. The van der Waals surface area contributed by atoms with E-state index in [-0.39, 0.29) is 5.82 Å². The summed E-state index contributed by atoms with van der Waals surface area (Å²) >= 11 is 0. The fraction of sp³-hybridized carbons (Fsp3) is 0.200. The van der Waals surface area contributed by atoms with E-state index in [4.69, 9.17) is 10.5 Å². The Morgan fingerprint density at radius 2 is 1.50 bits per heavy atom. The third-order valence-electron chi connectivity index (χ3n) is 2.68. The molecular weight excluding hydrogens is 229 g/mol. The molecule has 18 heavy (non-hydrogen) atoms. The van der Waals surface area contributed by atoms with Crippen molar-refractivity contribution >= 4 is 0 Å². The van der Waals surface area contributed by atoms with E-state index in [2.05, 4.69) is 0 Å².